The molecule has 0 radical (unpaired) electrons. The number of benzene rings is 5. The third-order valence-electron chi connectivity index (χ3n) is 5.29. The molecule has 0 bridgehead atoms. The molecule has 0 atom stereocenters. The monoisotopic (exact) mass is 612 g/mol. The maximum atomic E-state index is 6.24. The van der Waals surface area contributed by atoms with Gasteiger partial charge in [0.05, 0.1) is 10.1 Å². The zero-order chi connectivity index (χ0) is 24.3. The van der Waals surface area contributed by atoms with Gasteiger partial charge < -0.3 is 0 Å². The fourth-order valence-corrected chi connectivity index (χ4v) is 6.38. The Morgan fingerprint density at radius 2 is 0.583 bits per heavy atom. The third kappa shape index (κ3) is 7.73. The molecule has 0 aliphatic heterocycles. The Labute approximate surface area is 238 Å². The van der Waals surface area contributed by atoms with Crippen molar-refractivity contribution in [2.75, 3.05) is 0 Å². The van der Waals surface area contributed by atoms with Gasteiger partial charge in [-0.2, -0.15) is 0 Å². The Bertz CT molecular complexity index is 1190. The van der Waals surface area contributed by atoms with Crippen LogP contribution in [0.15, 0.2) is 152 Å². The minimum Gasteiger partial charge on any atom is -0.0820 e. The molecule has 36 heavy (non-hydrogen) atoms. The predicted molar refractivity (Wildman–Crippen MR) is 157 cm³/mol. The summed E-state index contributed by atoms with van der Waals surface area (Å²) in [5.41, 5.74) is 1.86. The summed E-state index contributed by atoms with van der Waals surface area (Å²) in [6, 6.07) is 51.7. The van der Waals surface area contributed by atoms with Crippen molar-refractivity contribution in [1.29, 1.82) is 0 Å². The number of rotatable bonds is 5. The standard InChI is InChI=1S/C18H15P.C14H10Cl2.Ru/c1-4-10-16(11-5-1)19(17-12-6-2-7-13-17)18-14-8-3-9-15-18;15-13(11-7-3-1-4-8-11)14(16)12-9-5-2-6-10-12;/h1-15H;1-10H;. The van der Waals surface area contributed by atoms with Crippen LogP contribution in [0.5, 0.6) is 0 Å². The molecule has 0 aromatic heterocycles. The van der Waals surface area contributed by atoms with E-state index in [9.17, 15) is 0 Å². The molecular weight excluding hydrogens is 587 g/mol. The molecule has 0 amide bonds. The van der Waals surface area contributed by atoms with E-state index in [0.29, 0.717) is 10.1 Å². The molecule has 4 heteroatoms. The molecule has 0 saturated carbocycles. The first kappa shape index (κ1) is 28.1. The van der Waals surface area contributed by atoms with Crippen molar-refractivity contribution in [2.45, 2.75) is 0 Å². The van der Waals surface area contributed by atoms with Crippen molar-refractivity contribution in [3.63, 3.8) is 0 Å². The molecule has 0 heterocycles. The van der Waals surface area contributed by atoms with E-state index in [1.165, 1.54) is 15.9 Å². The average molecular weight is 613 g/mol. The van der Waals surface area contributed by atoms with Crippen molar-refractivity contribution in [3.8, 4) is 0 Å². The molecule has 0 unspecified atom stereocenters. The molecule has 5 aromatic rings. The SMILES string of the molecule is ClC(=C(Cl)c1ccccc1)c1ccccc1.[Ru].c1ccc(P(c2ccccc2)c2ccccc2)cc1. The molecule has 0 N–H and O–H groups in total. The van der Waals surface area contributed by atoms with Crippen LogP contribution >= 0.6 is 31.1 Å². The van der Waals surface area contributed by atoms with E-state index >= 15 is 0 Å². The summed E-state index contributed by atoms with van der Waals surface area (Å²) < 4.78 is 0. The molecule has 5 rings (SSSR count). The van der Waals surface area contributed by atoms with E-state index in [0.717, 1.165) is 11.1 Å². The van der Waals surface area contributed by atoms with Crippen LogP contribution in [0, 0.1) is 0 Å². The van der Waals surface area contributed by atoms with E-state index in [2.05, 4.69) is 91.0 Å². The van der Waals surface area contributed by atoms with Gasteiger partial charge in [0, 0.05) is 19.5 Å². The second kappa shape index (κ2) is 14.9. The topological polar surface area (TPSA) is 0 Å². The summed E-state index contributed by atoms with van der Waals surface area (Å²) in [6.45, 7) is 0. The van der Waals surface area contributed by atoms with Crippen LogP contribution in [0.2, 0.25) is 0 Å². The minimum absolute atomic E-state index is 0. The van der Waals surface area contributed by atoms with E-state index in [1.54, 1.807) is 0 Å². The van der Waals surface area contributed by atoms with Gasteiger partial charge in [0.2, 0.25) is 0 Å². The summed E-state index contributed by atoms with van der Waals surface area (Å²) in [5.74, 6) is 0. The fourth-order valence-electron chi connectivity index (χ4n) is 3.60. The first-order valence-corrected chi connectivity index (χ1v) is 13.4. The van der Waals surface area contributed by atoms with Crippen LogP contribution in [0.1, 0.15) is 11.1 Å². The third-order valence-corrected chi connectivity index (χ3v) is 8.65. The molecule has 0 aliphatic carbocycles. The van der Waals surface area contributed by atoms with E-state index in [1.807, 2.05) is 60.7 Å². The molecule has 0 nitrogen and oxygen atoms in total. The summed E-state index contributed by atoms with van der Waals surface area (Å²) in [6.07, 6.45) is 0. The van der Waals surface area contributed by atoms with E-state index in [4.69, 9.17) is 23.2 Å². The molecule has 180 valence electrons. The quantitative estimate of drug-likeness (QED) is 0.106. The van der Waals surface area contributed by atoms with Gasteiger partial charge in [-0.3, -0.25) is 0 Å². The summed E-state index contributed by atoms with van der Waals surface area (Å²) >= 11 is 12.5. The van der Waals surface area contributed by atoms with E-state index < -0.39 is 7.92 Å². The first-order chi connectivity index (χ1) is 17.2. The number of hydrogen-bond donors (Lipinski definition) is 0. The van der Waals surface area contributed by atoms with Crippen LogP contribution in [0.4, 0.5) is 0 Å². The average Bonchev–Trinajstić information content (AvgIpc) is 2.95. The fraction of sp³-hybridized carbons (Fsp3) is 0. The van der Waals surface area contributed by atoms with Crippen molar-refractivity contribution < 1.29 is 19.5 Å². The van der Waals surface area contributed by atoms with Crippen molar-refractivity contribution >= 4 is 57.1 Å². The van der Waals surface area contributed by atoms with Crippen molar-refractivity contribution in [2.24, 2.45) is 0 Å². The molecule has 0 spiro atoms. The summed E-state index contributed by atoms with van der Waals surface area (Å²) in [7, 11) is -0.446. The first-order valence-electron chi connectivity index (χ1n) is 11.4. The maximum Gasteiger partial charge on any atom is 0.0670 e. The van der Waals surface area contributed by atoms with Gasteiger partial charge in [0.15, 0.2) is 0 Å². The van der Waals surface area contributed by atoms with Gasteiger partial charge in [-0.05, 0) is 35.0 Å². The Hall–Kier alpha value is -2.53. The normalized spacial score (nSPS) is 11.0. The Kier molecular flexibility index (Phi) is 11.6. The molecule has 0 saturated heterocycles. The zero-order valence-electron chi connectivity index (χ0n) is 19.5. The Balaban J connectivity index is 0.000000198. The molecule has 5 aromatic carbocycles. The van der Waals surface area contributed by atoms with Gasteiger partial charge in [-0.15, -0.1) is 0 Å². The maximum absolute atomic E-state index is 6.24. The second-order valence-corrected chi connectivity index (χ2v) is 10.7. The molecular formula is C32H25Cl2PRu. The van der Waals surface area contributed by atoms with Crippen LogP contribution < -0.4 is 15.9 Å². The molecule has 0 fully saturated rings. The predicted octanol–water partition coefficient (Wildman–Crippen LogP) is 8.43. The van der Waals surface area contributed by atoms with Crippen molar-refractivity contribution in [1.82, 2.24) is 0 Å². The van der Waals surface area contributed by atoms with Gasteiger partial charge in [-0.1, -0.05) is 175 Å². The van der Waals surface area contributed by atoms with Crippen LogP contribution in [-0.2, 0) is 19.5 Å². The summed E-state index contributed by atoms with van der Waals surface area (Å²) in [5, 5.41) is 5.35. The van der Waals surface area contributed by atoms with Gasteiger partial charge >= 0.3 is 0 Å². The zero-order valence-corrected chi connectivity index (χ0v) is 23.6. The second-order valence-electron chi connectivity index (χ2n) is 7.70. The van der Waals surface area contributed by atoms with Crippen LogP contribution in [-0.4, -0.2) is 0 Å². The number of halogens is 2. The minimum atomic E-state index is -0.446. The van der Waals surface area contributed by atoms with E-state index in [-0.39, 0.29) is 19.5 Å². The van der Waals surface area contributed by atoms with Gasteiger partial charge in [-0.25, -0.2) is 0 Å². The Morgan fingerprint density at radius 3 is 0.833 bits per heavy atom. The van der Waals surface area contributed by atoms with Crippen LogP contribution in [0.25, 0.3) is 10.1 Å². The number of hydrogen-bond acceptors (Lipinski definition) is 0. The van der Waals surface area contributed by atoms with Crippen molar-refractivity contribution in [3.05, 3.63) is 163 Å². The summed E-state index contributed by atoms with van der Waals surface area (Å²) in [4.78, 5) is 0. The van der Waals surface area contributed by atoms with Gasteiger partial charge in [0.25, 0.3) is 0 Å². The van der Waals surface area contributed by atoms with Gasteiger partial charge in [0.1, 0.15) is 0 Å². The largest absolute Gasteiger partial charge is 0.0820 e. The smallest absolute Gasteiger partial charge is 0.0670 e. The van der Waals surface area contributed by atoms with Crippen LogP contribution in [0.3, 0.4) is 0 Å². The Morgan fingerprint density at radius 1 is 0.361 bits per heavy atom. The molecule has 0 aliphatic rings.